The highest BCUT2D eigenvalue weighted by molar-refractivity contribution is 5.96. The molecule has 0 aromatic heterocycles. The Morgan fingerprint density at radius 3 is 2.66 bits per heavy atom. The Hall–Kier alpha value is -3.06. The zero-order valence-electron chi connectivity index (χ0n) is 16.6. The number of carbonyl (C=O) groups excluding carboxylic acids is 2. The van der Waals surface area contributed by atoms with E-state index >= 15 is 0 Å². The Labute approximate surface area is 170 Å². The van der Waals surface area contributed by atoms with Crippen LogP contribution in [0.5, 0.6) is 5.75 Å². The number of benzene rings is 2. The lowest BCUT2D eigenvalue weighted by Gasteiger charge is -2.15. The van der Waals surface area contributed by atoms with E-state index in [0.717, 1.165) is 25.1 Å². The van der Waals surface area contributed by atoms with E-state index in [-0.39, 0.29) is 24.5 Å². The number of hydrogen-bond acceptors (Lipinski definition) is 5. The van der Waals surface area contributed by atoms with Gasteiger partial charge in [-0.3, -0.25) is 9.59 Å². The smallest absolute Gasteiger partial charge is 0.251 e. The van der Waals surface area contributed by atoms with Crippen molar-refractivity contribution in [3.63, 3.8) is 0 Å². The molecule has 29 heavy (non-hydrogen) atoms. The summed E-state index contributed by atoms with van der Waals surface area (Å²) in [5, 5.41) is 8.67. The number of hydrogen-bond donors (Lipinski definition) is 3. The summed E-state index contributed by atoms with van der Waals surface area (Å²) in [5.41, 5.74) is 1.97. The highest BCUT2D eigenvalue weighted by atomic mass is 16.5. The lowest BCUT2D eigenvalue weighted by molar-refractivity contribution is -0.114. The Balaban J connectivity index is 1.49. The third kappa shape index (κ3) is 6.22. The van der Waals surface area contributed by atoms with Crippen LogP contribution in [0.3, 0.4) is 0 Å². The normalized spacial score (nSPS) is 15.6. The average molecular weight is 397 g/mol. The number of para-hydroxylation sites is 2. The zero-order valence-corrected chi connectivity index (χ0v) is 16.6. The molecule has 3 N–H and O–H groups in total. The number of amides is 2. The van der Waals surface area contributed by atoms with Gasteiger partial charge in [-0.15, -0.1) is 0 Å². The summed E-state index contributed by atoms with van der Waals surface area (Å²) in [6.07, 6.45) is 2.17. The molecule has 1 unspecified atom stereocenters. The second-order valence-electron chi connectivity index (χ2n) is 6.78. The van der Waals surface area contributed by atoms with Crippen LogP contribution in [-0.4, -0.2) is 44.2 Å². The molecule has 3 rings (SSSR count). The van der Waals surface area contributed by atoms with Gasteiger partial charge >= 0.3 is 0 Å². The fourth-order valence-corrected chi connectivity index (χ4v) is 3.03. The molecule has 0 aliphatic carbocycles. The van der Waals surface area contributed by atoms with E-state index in [1.807, 2.05) is 31.2 Å². The first kappa shape index (κ1) is 20.7. The first-order valence-electron chi connectivity index (χ1n) is 9.91. The van der Waals surface area contributed by atoms with Gasteiger partial charge in [0.25, 0.3) is 5.91 Å². The molecular formula is C22H27N3O4. The number of anilines is 2. The minimum absolute atomic E-state index is 0.0978. The van der Waals surface area contributed by atoms with Crippen LogP contribution in [0.25, 0.3) is 0 Å². The van der Waals surface area contributed by atoms with E-state index in [9.17, 15) is 9.59 Å². The van der Waals surface area contributed by atoms with Crippen molar-refractivity contribution in [2.75, 3.05) is 36.9 Å². The molecule has 0 spiro atoms. The summed E-state index contributed by atoms with van der Waals surface area (Å²) in [6.45, 7) is 3.81. The van der Waals surface area contributed by atoms with E-state index in [2.05, 4.69) is 16.0 Å². The predicted octanol–water partition coefficient (Wildman–Crippen LogP) is 3.04. The molecule has 0 radical (unpaired) electrons. The zero-order chi connectivity index (χ0) is 20.5. The minimum Gasteiger partial charge on any atom is -0.489 e. The average Bonchev–Trinajstić information content (AvgIpc) is 3.26. The molecular weight excluding hydrogens is 370 g/mol. The molecule has 0 bridgehead atoms. The summed E-state index contributed by atoms with van der Waals surface area (Å²) in [6, 6.07) is 14.4. The molecule has 2 amide bonds. The van der Waals surface area contributed by atoms with Crippen molar-refractivity contribution in [2.45, 2.75) is 25.9 Å². The van der Waals surface area contributed by atoms with Crippen molar-refractivity contribution < 1.29 is 19.1 Å². The second-order valence-corrected chi connectivity index (χ2v) is 6.78. The van der Waals surface area contributed by atoms with Gasteiger partial charge in [-0.25, -0.2) is 0 Å². The van der Waals surface area contributed by atoms with E-state index < -0.39 is 0 Å². The highest BCUT2D eigenvalue weighted by Crippen LogP contribution is 2.25. The maximum absolute atomic E-state index is 12.3. The molecule has 1 heterocycles. The quantitative estimate of drug-likeness (QED) is 0.605. The van der Waals surface area contributed by atoms with E-state index in [4.69, 9.17) is 9.47 Å². The fraction of sp³-hybridized carbons (Fsp3) is 0.364. The van der Waals surface area contributed by atoms with Gasteiger partial charge in [-0.05, 0) is 56.2 Å². The maximum Gasteiger partial charge on any atom is 0.251 e. The van der Waals surface area contributed by atoms with Crippen molar-refractivity contribution in [1.29, 1.82) is 0 Å². The van der Waals surface area contributed by atoms with Crippen molar-refractivity contribution >= 4 is 23.2 Å². The molecule has 1 fully saturated rings. The van der Waals surface area contributed by atoms with Gasteiger partial charge in [-0.1, -0.05) is 12.1 Å². The van der Waals surface area contributed by atoms with Crippen LogP contribution in [0.15, 0.2) is 48.5 Å². The van der Waals surface area contributed by atoms with Crippen LogP contribution in [-0.2, 0) is 9.53 Å². The Morgan fingerprint density at radius 1 is 1.14 bits per heavy atom. The molecule has 1 aliphatic rings. The van der Waals surface area contributed by atoms with Gasteiger partial charge in [0.1, 0.15) is 12.4 Å². The standard InChI is InChI=1S/C22H27N3O4/c1-2-23-22(27)16-9-11-17(12-10-16)24-14-21(26)25-19-7-3-4-8-20(19)29-15-18-6-5-13-28-18/h3-4,7-12,18,24H,2,5-6,13-15H2,1H3,(H,23,27)(H,25,26). The van der Waals surface area contributed by atoms with Crippen molar-refractivity contribution in [3.05, 3.63) is 54.1 Å². The van der Waals surface area contributed by atoms with Crippen LogP contribution in [0, 0.1) is 0 Å². The monoisotopic (exact) mass is 397 g/mol. The van der Waals surface area contributed by atoms with Crippen LogP contribution in [0.2, 0.25) is 0 Å². The SMILES string of the molecule is CCNC(=O)c1ccc(NCC(=O)Nc2ccccc2OCC2CCCO2)cc1. The third-order valence-corrected chi connectivity index (χ3v) is 4.55. The van der Waals surface area contributed by atoms with E-state index in [1.165, 1.54) is 0 Å². The molecule has 1 saturated heterocycles. The molecule has 154 valence electrons. The second kappa shape index (κ2) is 10.5. The summed E-state index contributed by atoms with van der Waals surface area (Å²) in [5.74, 6) is 0.324. The van der Waals surface area contributed by atoms with Crippen LogP contribution < -0.4 is 20.7 Å². The van der Waals surface area contributed by atoms with Gasteiger partial charge in [0.15, 0.2) is 0 Å². The lowest BCUT2D eigenvalue weighted by Crippen LogP contribution is -2.23. The van der Waals surface area contributed by atoms with Crippen molar-refractivity contribution in [2.24, 2.45) is 0 Å². The van der Waals surface area contributed by atoms with Crippen molar-refractivity contribution in [1.82, 2.24) is 5.32 Å². The van der Waals surface area contributed by atoms with E-state index in [1.54, 1.807) is 24.3 Å². The summed E-state index contributed by atoms with van der Waals surface area (Å²) in [7, 11) is 0. The van der Waals surface area contributed by atoms with E-state index in [0.29, 0.717) is 30.2 Å². The maximum atomic E-state index is 12.3. The molecule has 1 atom stereocenters. The highest BCUT2D eigenvalue weighted by Gasteiger charge is 2.17. The van der Waals surface area contributed by atoms with Crippen LogP contribution in [0.1, 0.15) is 30.1 Å². The molecule has 7 nitrogen and oxygen atoms in total. The molecule has 2 aromatic rings. The number of rotatable bonds is 9. The van der Waals surface area contributed by atoms with Crippen LogP contribution in [0.4, 0.5) is 11.4 Å². The Kier molecular flexibility index (Phi) is 7.47. The molecule has 1 aliphatic heterocycles. The third-order valence-electron chi connectivity index (χ3n) is 4.55. The minimum atomic E-state index is -0.189. The summed E-state index contributed by atoms with van der Waals surface area (Å²) >= 11 is 0. The fourth-order valence-electron chi connectivity index (χ4n) is 3.03. The first-order valence-corrected chi connectivity index (χ1v) is 9.91. The molecule has 0 saturated carbocycles. The van der Waals surface area contributed by atoms with Crippen molar-refractivity contribution in [3.8, 4) is 5.75 Å². The van der Waals surface area contributed by atoms with Gasteiger partial charge in [0.05, 0.1) is 18.3 Å². The summed E-state index contributed by atoms with van der Waals surface area (Å²) < 4.78 is 11.4. The molecule has 2 aromatic carbocycles. The lowest BCUT2D eigenvalue weighted by atomic mass is 10.2. The molecule has 7 heteroatoms. The van der Waals surface area contributed by atoms with Gasteiger partial charge < -0.3 is 25.4 Å². The van der Waals surface area contributed by atoms with Gasteiger partial charge in [-0.2, -0.15) is 0 Å². The summed E-state index contributed by atoms with van der Waals surface area (Å²) in [4.78, 5) is 24.1. The first-order chi connectivity index (χ1) is 14.2. The van der Waals surface area contributed by atoms with Gasteiger partial charge in [0.2, 0.25) is 5.91 Å². The van der Waals surface area contributed by atoms with Crippen LogP contribution >= 0.6 is 0 Å². The number of carbonyl (C=O) groups is 2. The van der Waals surface area contributed by atoms with Gasteiger partial charge in [0, 0.05) is 24.4 Å². The Bertz CT molecular complexity index is 817. The topological polar surface area (TPSA) is 88.7 Å². The Morgan fingerprint density at radius 2 is 1.93 bits per heavy atom. The predicted molar refractivity (Wildman–Crippen MR) is 112 cm³/mol. The number of ether oxygens (including phenoxy) is 2. The largest absolute Gasteiger partial charge is 0.489 e. The number of nitrogens with one attached hydrogen (secondary N) is 3.